The Morgan fingerprint density at radius 1 is 1.67 bits per heavy atom. The number of amides is 1. The maximum absolute atomic E-state index is 11.5. The number of carbonyl (C=O) groups is 1. The van der Waals surface area contributed by atoms with Gasteiger partial charge in [-0.15, -0.1) is 6.42 Å². The van der Waals surface area contributed by atoms with Gasteiger partial charge in [0, 0.05) is 5.56 Å². The molecule has 0 radical (unpaired) electrons. The molecule has 78 valence electrons. The Kier molecular flexibility index (Phi) is 3.19. The monoisotopic (exact) mass is 204 g/mol. The van der Waals surface area contributed by atoms with E-state index >= 15 is 0 Å². The number of nitrogen functional groups attached to an aromatic ring is 1. The number of anilines is 1. The van der Waals surface area contributed by atoms with Crippen molar-refractivity contribution in [3.8, 4) is 18.1 Å². The van der Waals surface area contributed by atoms with Gasteiger partial charge in [0.2, 0.25) is 0 Å². The van der Waals surface area contributed by atoms with E-state index in [4.69, 9.17) is 12.2 Å². The molecular weight excluding hydrogens is 192 g/mol. The zero-order valence-corrected chi connectivity index (χ0v) is 8.32. The maximum Gasteiger partial charge on any atom is 0.252 e. The Hall–Kier alpha value is -2.15. The zero-order chi connectivity index (χ0) is 11.4. The second kappa shape index (κ2) is 4.38. The number of phenolic OH excluding ortho intramolecular Hbond substituents is 1. The Morgan fingerprint density at radius 2 is 2.33 bits per heavy atom. The van der Waals surface area contributed by atoms with E-state index in [1.54, 1.807) is 6.92 Å². The van der Waals surface area contributed by atoms with Gasteiger partial charge in [-0.2, -0.15) is 0 Å². The predicted octanol–water partition coefficient (Wildman–Crippen LogP) is 0.726. The maximum atomic E-state index is 11.5. The normalized spacial score (nSPS) is 11.5. The van der Waals surface area contributed by atoms with Crippen molar-refractivity contribution >= 4 is 11.6 Å². The summed E-state index contributed by atoms with van der Waals surface area (Å²) in [6.07, 6.45) is 5.12. The summed E-state index contributed by atoms with van der Waals surface area (Å²) in [6.45, 7) is 1.69. The topological polar surface area (TPSA) is 75.4 Å². The summed E-state index contributed by atoms with van der Waals surface area (Å²) >= 11 is 0. The Bertz CT molecular complexity index is 421. The number of hydrogen-bond donors (Lipinski definition) is 3. The van der Waals surface area contributed by atoms with Gasteiger partial charge in [-0.25, -0.2) is 0 Å². The van der Waals surface area contributed by atoms with E-state index in [1.807, 2.05) is 0 Å². The van der Waals surface area contributed by atoms with Crippen LogP contribution >= 0.6 is 0 Å². The van der Waals surface area contributed by atoms with Crippen molar-refractivity contribution in [2.45, 2.75) is 13.0 Å². The molecule has 4 nitrogen and oxygen atoms in total. The quantitative estimate of drug-likeness (QED) is 0.377. The number of benzene rings is 1. The van der Waals surface area contributed by atoms with Crippen molar-refractivity contribution in [1.29, 1.82) is 0 Å². The number of phenols is 1. The molecule has 0 heterocycles. The van der Waals surface area contributed by atoms with E-state index in [9.17, 15) is 9.90 Å². The summed E-state index contributed by atoms with van der Waals surface area (Å²) in [6, 6.07) is 3.93. The molecule has 0 saturated carbocycles. The van der Waals surface area contributed by atoms with E-state index in [1.165, 1.54) is 18.2 Å². The third-order valence-electron chi connectivity index (χ3n) is 1.89. The SMILES string of the molecule is C#CC(C)NC(=O)c1ccc(N)c(O)c1. The number of hydrogen-bond acceptors (Lipinski definition) is 3. The van der Waals surface area contributed by atoms with Gasteiger partial charge in [0.25, 0.3) is 5.91 Å². The molecule has 1 unspecified atom stereocenters. The van der Waals surface area contributed by atoms with Crippen LogP contribution in [0.4, 0.5) is 5.69 Å². The summed E-state index contributed by atoms with van der Waals surface area (Å²) in [5.41, 5.74) is 5.96. The van der Waals surface area contributed by atoms with Crippen LogP contribution in [0.1, 0.15) is 17.3 Å². The van der Waals surface area contributed by atoms with Gasteiger partial charge in [0.15, 0.2) is 0 Å². The summed E-state index contributed by atoms with van der Waals surface area (Å²) in [5, 5.41) is 11.9. The van der Waals surface area contributed by atoms with E-state index in [0.717, 1.165) is 0 Å². The molecule has 0 fully saturated rings. The molecule has 0 aliphatic rings. The highest BCUT2D eigenvalue weighted by molar-refractivity contribution is 5.95. The predicted molar refractivity (Wildman–Crippen MR) is 58.3 cm³/mol. The van der Waals surface area contributed by atoms with Crippen molar-refractivity contribution in [1.82, 2.24) is 5.32 Å². The molecule has 1 aromatic rings. The van der Waals surface area contributed by atoms with Gasteiger partial charge >= 0.3 is 0 Å². The number of nitrogens with one attached hydrogen (secondary N) is 1. The van der Waals surface area contributed by atoms with Crippen molar-refractivity contribution in [3.63, 3.8) is 0 Å². The molecular formula is C11H12N2O2. The Morgan fingerprint density at radius 3 is 2.87 bits per heavy atom. The van der Waals surface area contributed by atoms with E-state index in [2.05, 4.69) is 11.2 Å². The largest absolute Gasteiger partial charge is 0.506 e. The summed E-state index contributed by atoms with van der Waals surface area (Å²) in [7, 11) is 0. The van der Waals surface area contributed by atoms with Crippen LogP contribution < -0.4 is 11.1 Å². The average Bonchev–Trinajstić information content (AvgIpc) is 2.21. The van der Waals surface area contributed by atoms with Crippen molar-refractivity contribution in [2.24, 2.45) is 0 Å². The third kappa shape index (κ3) is 2.64. The first-order valence-electron chi connectivity index (χ1n) is 4.40. The minimum atomic E-state index is -0.350. The molecule has 0 spiro atoms. The molecule has 0 aromatic heterocycles. The molecule has 0 aliphatic carbocycles. The fourth-order valence-corrected chi connectivity index (χ4v) is 1.01. The highest BCUT2D eigenvalue weighted by atomic mass is 16.3. The smallest absolute Gasteiger partial charge is 0.252 e. The lowest BCUT2D eigenvalue weighted by Crippen LogP contribution is -2.31. The van der Waals surface area contributed by atoms with Gasteiger partial charge in [0.1, 0.15) is 5.75 Å². The minimum absolute atomic E-state index is 0.115. The summed E-state index contributed by atoms with van der Waals surface area (Å²) < 4.78 is 0. The van der Waals surface area contributed by atoms with E-state index in [-0.39, 0.29) is 23.4 Å². The zero-order valence-electron chi connectivity index (χ0n) is 8.32. The molecule has 1 aromatic carbocycles. The molecule has 1 atom stereocenters. The molecule has 15 heavy (non-hydrogen) atoms. The number of rotatable bonds is 2. The van der Waals surface area contributed by atoms with Crippen molar-refractivity contribution in [2.75, 3.05) is 5.73 Å². The third-order valence-corrected chi connectivity index (χ3v) is 1.89. The van der Waals surface area contributed by atoms with Crippen LogP contribution in [-0.2, 0) is 0 Å². The van der Waals surface area contributed by atoms with Gasteiger partial charge in [-0.1, -0.05) is 5.92 Å². The molecule has 0 aliphatic heterocycles. The average molecular weight is 204 g/mol. The lowest BCUT2D eigenvalue weighted by Gasteiger charge is -2.08. The van der Waals surface area contributed by atoms with Gasteiger partial charge in [-0.3, -0.25) is 4.79 Å². The summed E-state index contributed by atoms with van der Waals surface area (Å²) in [5.74, 6) is 1.92. The van der Waals surface area contributed by atoms with Gasteiger partial charge < -0.3 is 16.2 Å². The molecule has 0 saturated heterocycles. The van der Waals surface area contributed by atoms with Crippen LogP contribution in [0.2, 0.25) is 0 Å². The van der Waals surface area contributed by atoms with Crippen LogP contribution in [0, 0.1) is 12.3 Å². The van der Waals surface area contributed by atoms with Crippen molar-refractivity contribution < 1.29 is 9.90 Å². The molecule has 1 rings (SSSR count). The first-order chi connectivity index (χ1) is 7.04. The highest BCUT2D eigenvalue weighted by Crippen LogP contribution is 2.20. The van der Waals surface area contributed by atoms with E-state index < -0.39 is 0 Å². The number of carbonyl (C=O) groups excluding carboxylic acids is 1. The minimum Gasteiger partial charge on any atom is -0.506 e. The number of nitrogens with two attached hydrogens (primary N) is 1. The Balaban J connectivity index is 2.84. The van der Waals surface area contributed by atoms with Crippen molar-refractivity contribution in [3.05, 3.63) is 23.8 Å². The van der Waals surface area contributed by atoms with Crippen LogP contribution in [-0.4, -0.2) is 17.1 Å². The molecule has 4 N–H and O–H groups in total. The fourth-order valence-electron chi connectivity index (χ4n) is 1.01. The van der Waals surface area contributed by atoms with Gasteiger partial charge in [0.05, 0.1) is 11.7 Å². The summed E-state index contributed by atoms with van der Waals surface area (Å²) in [4.78, 5) is 11.5. The number of aromatic hydroxyl groups is 1. The van der Waals surface area contributed by atoms with E-state index in [0.29, 0.717) is 5.56 Å². The first kappa shape index (κ1) is 10.9. The lowest BCUT2D eigenvalue weighted by atomic mass is 10.1. The molecule has 0 bridgehead atoms. The van der Waals surface area contributed by atoms with Gasteiger partial charge in [-0.05, 0) is 25.1 Å². The first-order valence-corrected chi connectivity index (χ1v) is 4.40. The standard InChI is InChI=1S/C11H12N2O2/c1-3-7(2)13-11(15)8-4-5-9(12)10(14)6-8/h1,4-7,14H,12H2,2H3,(H,13,15). The van der Waals surface area contributed by atoms with Crippen LogP contribution in [0.15, 0.2) is 18.2 Å². The molecule has 1 amide bonds. The fraction of sp³-hybridized carbons (Fsp3) is 0.182. The second-order valence-electron chi connectivity index (χ2n) is 3.14. The highest BCUT2D eigenvalue weighted by Gasteiger charge is 2.09. The van der Waals surface area contributed by atoms with Crippen LogP contribution in [0.25, 0.3) is 0 Å². The van der Waals surface area contributed by atoms with Crippen LogP contribution in [0.5, 0.6) is 5.75 Å². The second-order valence-corrected chi connectivity index (χ2v) is 3.14. The molecule has 4 heteroatoms. The Labute approximate surface area is 88.1 Å². The lowest BCUT2D eigenvalue weighted by molar-refractivity contribution is 0.0948. The number of terminal acetylenes is 1. The van der Waals surface area contributed by atoms with Crippen LogP contribution in [0.3, 0.4) is 0 Å².